The molecule has 1 aromatic carbocycles. The highest BCUT2D eigenvalue weighted by molar-refractivity contribution is 5.92. The van der Waals surface area contributed by atoms with Crippen molar-refractivity contribution in [3.63, 3.8) is 0 Å². The number of carbonyl (C=O) groups excluding carboxylic acids is 1. The zero-order valence-corrected chi connectivity index (χ0v) is 14.0. The van der Waals surface area contributed by atoms with Gasteiger partial charge in [0.25, 0.3) is 5.91 Å². The molecule has 1 atom stereocenters. The molecule has 1 amide bonds. The number of hydrogen-bond donors (Lipinski definition) is 1. The molecule has 1 N–H and O–H groups in total. The summed E-state index contributed by atoms with van der Waals surface area (Å²) in [6.07, 6.45) is 3.67. The van der Waals surface area contributed by atoms with Gasteiger partial charge in [-0.05, 0) is 25.0 Å². The average molecular weight is 312 g/mol. The summed E-state index contributed by atoms with van der Waals surface area (Å²) in [4.78, 5) is 22.6. The molecule has 5 nitrogen and oxygen atoms in total. The van der Waals surface area contributed by atoms with E-state index in [1.54, 1.807) is 24.2 Å². The normalized spacial score (nSPS) is 11.8. The second-order valence-electron chi connectivity index (χ2n) is 5.62. The van der Waals surface area contributed by atoms with E-state index in [0.29, 0.717) is 11.6 Å². The van der Waals surface area contributed by atoms with E-state index < -0.39 is 0 Å². The Morgan fingerprint density at radius 1 is 1.26 bits per heavy atom. The molecule has 2 rings (SSSR count). The molecular weight excluding hydrogens is 288 g/mol. The minimum Gasteiger partial charge on any atom is -0.348 e. The maximum atomic E-state index is 12.4. The Morgan fingerprint density at radius 3 is 2.70 bits per heavy atom. The van der Waals surface area contributed by atoms with Gasteiger partial charge in [-0.25, -0.2) is 9.97 Å². The Labute approximate surface area is 137 Å². The van der Waals surface area contributed by atoms with Gasteiger partial charge in [-0.2, -0.15) is 0 Å². The summed E-state index contributed by atoms with van der Waals surface area (Å²) < 4.78 is 0. The van der Waals surface area contributed by atoms with Gasteiger partial charge in [0, 0.05) is 19.8 Å². The summed E-state index contributed by atoms with van der Waals surface area (Å²) in [5, 5.41) is 3.24. The van der Waals surface area contributed by atoms with Crippen molar-refractivity contribution in [2.24, 2.45) is 0 Å². The third kappa shape index (κ3) is 4.77. The molecular formula is C18H24N4O. The maximum absolute atomic E-state index is 12.4. The number of unbranched alkanes of at least 4 members (excludes halogenated alkanes) is 1. The largest absolute Gasteiger partial charge is 0.348 e. The predicted molar refractivity (Wildman–Crippen MR) is 92.4 cm³/mol. The fourth-order valence-corrected chi connectivity index (χ4v) is 2.26. The minimum atomic E-state index is -0.0729. The lowest BCUT2D eigenvalue weighted by Crippen LogP contribution is -2.28. The van der Waals surface area contributed by atoms with Gasteiger partial charge in [-0.1, -0.05) is 43.7 Å². The SMILES string of the molecule is CCCCN(C)C(=O)c1ccnc(NC(C)c2ccccc2)n1. The summed E-state index contributed by atoms with van der Waals surface area (Å²) in [6, 6.07) is 11.8. The van der Waals surface area contributed by atoms with Gasteiger partial charge in [0.05, 0.1) is 6.04 Å². The summed E-state index contributed by atoms with van der Waals surface area (Å²) in [6.45, 7) is 4.89. The van der Waals surface area contributed by atoms with Crippen molar-refractivity contribution in [1.29, 1.82) is 0 Å². The number of hydrogen-bond acceptors (Lipinski definition) is 4. The van der Waals surface area contributed by atoms with Gasteiger partial charge in [-0.3, -0.25) is 4.79 Å². The number of anilines is 1. The van der Waals surface area contributed by atoms with Crippen LogP contribution in [0.25, 0.3) is 0 Å². The molecule has 122 valence electrons. The third-order valence-corrected chi connectivity index (χ3v) is 3.71. The maximum Gasteiger partial charge on any atom is 0.272 e. The van der Waals surface area contributed by atoms with Gasteiger partial charge in [0.2, 0.25) is 5.95 Å². The van der Waals surface area contributed by atoms with Crippen LogP contribution in [0.4, 0.5) is 5.95 Å². The van der Waals surface area contributed by atoms with Crippen LogP contribution in [0, 0.1) is 0 Å². The summed E-state index contributed by atoms with van der Waals surface area (Å²) in [5.74, 6) is 0.396. The van der Waals surface area contributed by atoms with E-state index in [-0.39, 0.29) is 11.9 Å². The van der Waals surface area contributed by atoms with Crippen molar-refractivity contribution < 1.29 is 4.79 Å². The van der Waals surface area contributed by atoms with Crippen LogP contribution in [0.2, 0.25) is 0 Å². The first-order valence-corrected chi connectivity index (χ1v) is 8.01. The first-order chi connectivity index (χ1) is 11.1. The van der Waals surface area contributed by atoms with Crippen molar-refractivity contribution >= 4 is 11.9 Å². The van der Waals surface area contributed by atoms with Crippen molar-refractivity contribution in [3.05, 3.63) is 53.9 Å². The topological polar surface area (TPSA) is 58.1 Å². The van der Waals surface area contributed by atoms with Gasteiger partial charge < -0.3 is 10.2 Å². The number of nitrogens with one attached hydrogen (secondary N) is 1. The monoisotopic (exact) mass is 312 g/mol. The standard InChI is InChI=1S/C18H24N4O/c1-4-5-13-22(3)17(23)16-11-12-19-18(21-16)20-14(2)15-9-7-6-8-10-15/h6-12,14H,4-5,13H2,1-3H3,(H,19,20,21). The third-order valence-electron chi connectivity index (χ3n) is 3.71. The second kappa shape index (κ2) is 8.27. The molecule has 0 fully saturated rings. The highest BCUT2D eigenvalue weighted by atomic mass is 16.2. The number of nitrogens with zero attached hydrogens (tertiary/aromatic N) is 3. The van der Waals surface area contributed by atoms with Gasteiger partial charge in [0.15, 0.2) is 0 Å². The van der Waals surface area contributed by atoms with E-state index in [2.05, 4.69) is 22.2 Å². The van der Waals surface area contributed by atoms with E-state index in [1.807, 2.05) is 37.3 Å². The minimum absolute atomic E-state index is 0.0689. The summed E-state index contributed by atoms with van der Waals surface area (Å²) >= 11 is 0. The van der Waals surface area contributed by atoms with Crippen LogP contribution >= 0.6 is 0 Å². The molecule has 5 heteroatoms. The molecule has 0 radical (unpaired) electrons. The molecule has 0 spiro atoms. The molecule has 0 bridgehead atoms. The number of rotatable bonds is 7. The number of benzene rings is 1. The van der Waals surface area contributed by atoms with Gasteiger partial charge in [-0.15, -0.1) is 0 Å². The van der Waals surface area contributed by atoms with Crippen LogP contribution in [0.5, 0.6) is 0 Å². The van der Waals surface area contributed by atoms with Crippen molar-refractivity contribution in [2.75, 3.05) is 18.9 Å². The van der Waals surface area contributed by atoms with Crippen LogP contribution in [0.1, 0.15) is 48.8 Å². The van der Waals surface area contributed by atoms with Crippen LogP contribution in [0.3, 0.4) is 0 Å². The van der Waals surface area contributed by atoms with Crippen molar-refractivity contribution in [1.82, 2.24) is 14.9 Å². The van der Waals surface area contributed by atoms with Crippen molar-refractivity contribution in [2.45, 2.75) is 32.7 Å². The Kier molecular flexibility index (Phi) is 6.09. The Bertz CT molecular complexity index is 630. The Balaban J connectivity index is 2.06. The van der Waals surface area contributed by atoms with E-state index in [0.717, 1.165) is 24.9 Å². The van der Waals surface area contributed by atoms with Crippen LogP contribution < -0.4 is 5.32 Å². The smallest absolute Gasteiger partial charge is 0.272 e. The molecule has 1 unspecified atom stereocenters. The highest BCUT2D eigenvalue weighted by Gasteiger charge is 2.14. The van der Waals surface area contributed by atoms with Gasteiger partial charge >= 0.3 is 0 Å². The summed E-state index contributed by atoms with van der Waals surface area (Å²) in [7, 11) is 1.81. The molecule has 23 heavy (non-hydrogen) atoms. The van der Waals surface area contributed by atoms with E-state index >= 15 is 0 Å². The van der Waals surface area contributed by atoms with Crippen LogP contribution in [0.15, 0.2) is 42.6 Å². The van der Waals surface area contributed by atoms with Crippen LogP contribution in [-0.4, -0.2) is 34.4 Å². The Morgan fingerprint density at radius 2 is 2.00 bits per heavy atom. The molecule has 2 aromatic rings. The van der Waals surface area contributed by atoms with Crippen molar-refractivity contribution in [3.8, 4) is 0 Å². The number of amides is 1. The zero-order chi connectivity index (χ0) is 16.7. The molecule has 0 saturated carbocycles. The first kappa shape index (κ1) is 16.9. The van der Waals surface area contributed by atoms with E-state index in [1.165, 1.54) is 0 Å². The zero-order valence-electron chi connectivity index (χ0n) is 14.0. The molecule has 1 aromatic heterocycles. The number of carbonyl (C=O) groups is 1. The lowest BCUT2D eigenvalue weighted by Gasteiger charge is -2.17. The quantitative estimate of drug-likeness (QED) is 0.850. The average Bonchev–Trinajstić information content (AvgIpc) is 2.60. The molecule has 0 saturated heterocycles. The lowest BCUT2D eigenvalue weighted by atomic mass is 10.1. The molecule has 0 aliphatic heterocycles. The second-order valence-corrected chi connectivity index (χ2v) is 5.62. The van der Waals surface area contributed by atoms with E-state index in [9.17, 15) is 4.79 Å². The highest BCUT2D eigenvalue weighted by Crippen LogP contribution is 2.16. The predicted octanol–water partition coefficient (Wildman–Crippen LogP) is 3.52. The fraction of sp³-hybridized carbons (Fsp3) is 0.389. The molecule has 1 heterocycles. The summed E-state index contributed by atoms with van der Waals surface area (Å²) in [5.41, 5.74) is 1.56. The number of aromatic nitrogens is 2. The van der Waals surface area contributed by atoms with Crippen LogP contribution in [-0.2, 0) is 0 Å². The van der Waals surface area contributed by atoms with Gasteiger partial charge in [0.1, 0.15) is 5.69 Å². The van der Waals surface area contributed by atoms with E-state index in [4.69, 9.17) is 0 Å². The first-order valence-electron chi connectivity index (χ1n) is 8.01. The Hall–Kier alpha value is -2.43. The fourth-order valence-electron chi connectivity index (χ4n) is 2.26. The lowest BCUT2D eigenvalue weighted by molar-refractivity contribution is 0.0787. The molecule has 0 aliphatic carbocycles. The molecule has 0 aliphatic rings.